The zero-order valence-corrected chi connectivity index (χ0v) is 18.5. The number of carbonyl (C=O) groups is 2. The molecule has 0 saturated heterocycles. The molecule has 3 aromatic rings. The maximum atomic E-state index is 12.9. The summed E-state index contributed by atoms with van der Waals surface area (Å²) in [5.74, 6) is 0.556. The molecule has 0 aromatic heterocycles. The second kappa shape index (κ2) is 11.8. The smallest absolute Gasteiger partial charge is 0.323 e. The Balaban J connectivity index is 1.42. The van der Waals surface area contributed by atoms with Crippen LogP contribution in [0.3, 0.4) is 0 Å². The minimum atomic E-state index is -0.367. The van der Waals surface area contributed by atoms with Gasteiger partial charge >= 0.3 is 12.1 Å². The molecular weight excluding hydrogens is 427 g/mol. The molecule has 32 heavy (non-hydrogen) atoms. The Kier molecular flexibility index (Phi) is 8.51. The van der Waals surface area contributed by atoms with Crippen LogP contribution in [0, 0.1) is 12.7 Å². The summed E-state index contributed by atoms with van der Waals surface area (Å²) in [5.41, 5.74) is 2.74. The van der Waals surface area contributed by atoms with E-state index in [9.17, 15) is 14.0 Å². The number of aryl methyl sites for hydroxylation is 1. The Hall–Kier alpha value is -3.52. The highest BCUT2D eigenvalue weighted by Gasteiger charge is 2.08. The number of amides is 4. The quantitative estimate of drug-likeness (QED) is 0.247. The van der Waals surface area contributed by atoms with Crippen molar-refractivity contribution >= 4 is 40.9 Å². The van der Waals surface area contributed by atoms with Crippen molar-refractivity contribution in [3.8, 4) is 0 Å². The van der Waals surface area contributed by atoms with E-state index < -0.39 is 0 Å². The van der Waals surface area contributed by atoms with Gasteiger partial charge in [0.25, 0.3) is 0 Å². The van der Waals surface area contributed by atoms with Crippen molar-refractivity contribution in [2.24, 2.45) is 0 Å². The summed E-state index contributed by atoms with van der Waals surface area (Å²) in [7, 11) is 0. The number of urea groups is 2. The number of anilines is 3. The summed E-state index contributed by atoms with van der Waals surface area (Å²) < 4.78 is 12.9. The molecule has 6 nitrogen and oxygen atoms in total. The van der Waals surface area contributed by atoms with Gasteiger partial charge in [0.1, 0.15) is 5.82 Å². The highest BCUT2D eigenvalue weighted by Crippen LogP contribution is 2.21. The van der Waals surface area contributed by atoms with E-state index in [1.807, 2.05) is 31.2 Å². The third-order valence-electron chi connectivity index (χ3n) is 4.46. The molecule has 166 valence electrons. The molecule has 0 heterocycles. The highest BCUT2D eigenvalue weighted by molar-refractivity contribution is 7.99. The molecule has 3 aromatic carbocycles. The fourth-order valence-corrected chi connectivity index (χ4v) is 3.66. The molecular formula is C24H25FN4O2S. The Morgan fingerprint density at radius 2 is 1.56 bits per heavy atom. The van der Waals surface area contributed by atoms with Crippen LogP contribution in [0.2, 0.25) is 0 Å². The zero-order chi connectivity index (χ0) is 22.8. The number of hydrogen-bond acceptors (Lipinski definition) is 3. The van der Waals surface area contributed by atoms with E-state index in [2.05, 4.69) is 21.3 Å². The summed E-state index contributed by atoms with van der Waals surface area (Å²) in [6, 6.07) is 20.1. The van der Waals surface area contributed by atoms with Crippen molar-refractivity contribution in [3.63, 3.8) is 0 Å². The summed E-state index contributed by atoms with van der Waals surface area (Å²) in [6.07, 6.45) is 0.774. The average molecular weight is 453 g/mol. The Morgan fingerprint density at radius 3 is 2.31 bits per heavy atom. The minimum Gasteiger partial charge on any atom is -0.338 e. The number of para-hydroxylation sites is 1. The second-order valence-electron chi connectivity index (χ2n) is 7.01. The topological polar surface area (TPSA) is 82.3 Å². The van der Waals surface area contributed by atoms with Crippen molar-refractivity contribution in [1.82, 2.24) is 5.32 Å². The van der Waals surface area contributed by atoms with Crippen molar-refractivity contribution in [2.75, 3.05) is 28.2 Å². The molecule has 0 unspecified atom stereocenters. The van der Waals surface area contributed by atoms with Crippen LogP contribution in [0.15, 0.2) is 77.7 Å². The lowest BCUT2D eigenvalue weighted by Gasteiger charge is -2.13. The molecule has 0 spiro atoms. The van der Waals surface area contributed by atoms with Crippen molar-refractivity contribution in [1.29, 1.82) is 0 Å². The van der Waals surface area contributed by atoms with Gasteiger partial charge in [-0.2, -0.15) is 0 Å². The van der Waals surface area contributed by atoms with Crippen LogP contribution >= 0.6 is 11.8 Å². The Morgan fingerprint density at radius 1 is 0.844 bits per heavy atom. The predicted octanol–water partition coefficient (Wildman–Crippen LogP) is 6.08. The minimum absolute atomic E-state index is 0.251. The number of nitrogens with one attached hydrogen (secondary N) is 4. The Labute approximate surface area is 191 Å². The molecule has 0 aliphatic carbocycles. The van der Waals surface area contributed by atoms with Gasteiger partial charge < -0.3 is 21.3 Å². The Bertz CT molecular complexity index is 1050. The average Bonchev–Trinajstić information content (AvgIpc) is 2.78. The van der Waals surface area contributed by atoms with Gasteiger partial charge in [0.05, 0.1) is 0 Å². The summed E-state index contributed by atoms with van der Waals surface area (Å²) >= 11 is 1.61. The molecule has 3 rings (SSSR count). The van der Waals surface area contributed by atoms with Crippen molar-refractivity contribution < 1.29 is 14.0 Å². The first-order valence-electron chi connectivity index (χ1n) is 10.2. The van der Waals surface area contributed by atoms with Crippen LogP contribution in [0.1, 0.15) is 12.0 Å². The maximum Gasteiger partial charge on any atom is 0.323 e. The van der Waals surface area contributed by atoms with Gasteiger partial charge in [-0.1, -0.05) is 24.3 Å². The van der Waals surface area contributed by atoms with E-state index in [0.29, 0.717) is 23.6 Å². The third kappa shape index (κ3) is 7.63. The third-order valence-corrected chi connectivity index (χ3v) is 5.56. The molecule has 4 amide bonds. The fraction of sp³-hybridized carbons (Fsp3) is 0.167. The van der Waals surface area contributed by atoms with E-state index in [1.165, 1.54) is 12.1 Å². The summed E-state index contributed by atoms with van der Waals surface area (Å²) in [4.78, 5) is 25.4. The second-order valence-corrected chi connectivity index (χ2v) is 8.18. The van der Waals surface area contributed by atoms with E-state index in [-0.39, 0.29) is 17.9 Å². The van der Waals surface area contributed by atoms with Gasteiger partial charge in [0, 0.05) is 28.5 Å². The standard InChI is InChI=1S/C24H25FN4O2S/c1-17-8-11-20(28-24(31)27-19-6-3-2-4-7-19)16-22(17)29-23(30)26-14-5-15-32-21-12-9-18(25)10-13-21/h2-4,6-13,16H,5,14-15H2,1H3,(H2,26,29,30)(H2,27,28,31). The number of benzene rings is 3. The van der Waals surface area contributed by atoms with Crippen LogP contribution in [0.5, 0.6) is 0 Å². The van der Waals surface area contributed by atoms with Gasteiger partial charge in [0.2, 0.25) is 0 Å². The fourth-order valence-electron chi connectivity index (χ4n) is 2.81. The normalized spacial score (nSPS) is 10.3. The van der Waals surface area contributed by atoms with Crippen LogP contribution in [0.25, 0.3) is 0 Å². The number of rotatable bonds is 8. The van der Waals surface area contributed by atoms with Gasteiger partial charge in [-0.15, -0.1) is 11.8 Å². The molecule has 0 aliphatic heterocycles. The van der Waals surface area contributed by atoms with Gasteiger partial charge in [-0.25, -0.2) is 14.0 Å². The first-order valence-corrected chi connectivity index (χ1v) is 11.1. The molecule has 0 aliphatic rings. The molecule has 4 N–H and O–H groups in total. The van der Waals surface area contributed by atoms with Gasteiger partial charge in [-0.3, -0.25) is 0 Å². The maximum absolute atomic E-state index is 12.9. The molecule has 0 bridgehead atoms. The van der Waals surface area contributed by atoms with Crippen LogP contribution < -0.4 is 21.3 Å². The van der Waals surface area contributed by atoms with Crippen molar-refractivity contribution in [2.45, 2.75) is 18.2 Å². The largest absolute Gasteiger partial charge is 0.338 e. The lowest BCUT2D eigenvalue weighted by molar-refractivity contribution is 0.252. The zero-order valence-electron chi connectivity index (χ0n) is 17.7. The molecule has 0 saturated carbocycles. The van der Waals surface area contributed by atoms with E-state index in [1.54, 1.807) is 48.2 Å². The van der Waals surface area contributed by atoms with Crippen LogP contribution in [0.4, 0.5) is 31.0 Å². The monoisotopic (exact) mass is 452 g/mol. The SMILES string of the molecule is Cc1ccc(NC(=O)Nc2ccccc2)cc1NC(=O)NCCCSc1ccc(F)cc1. The number of hydrogen-bond donors (Lipinski definition) is 4. The number of carbonyl (C=O) groups excluding carboxylic acids is 2. The number of halogens is 1. The van der Waals surface area contributed by atoms with E-state index >= 15 is 0 Å². The molecule has 8 heteroatoms. The first-order chi connectivity index (χ1) is 15.5. The van der Waals surface area contributed by atoms with Gasteiger partial charge in [0.15, 0.2) is 0 Å². The number of thioether (sulfide) groups is 1. The lowest BCUT2D eigenvalue weighted by atomic mass is 10.2. The van der Waals surface area contributed by atoms with E-state index in [4.69, 9.17) is 0 Å². The van der Waals surface area contributed by atoms with Gasteiger partial charge in [-0.05, 0) is 73.2 Å². The predicted molar refractivity (Wildman–Crippen MR) is 129 cm³/mol. The molecule has 0 fully saturated rings. The first kappa shape index (κ1) is 23.1. The summed E-state index contributed by atoms with van der Waals surface area (Å²) in [5, 5.41) is 11.2. The lowest BCUT2D eigenvalue weighted by Crippen LogP contribution is -2.30. The summed E-state index contributed by atoms with van der Waals surface area (Å²) in [6.45, 7) is 2.39. The van der Waals surface area contributed by atoms with Crippen molar-refractivity contribution in [3.05, 3.63) is 84.2 Å². The van der Waals surface area contributed by atoms with Crippen LogP contribution in [-0.2, 0) is 0 Å². The van der Waals surface area contributed by atoms with Crippen LogP contribution in [-0.4, -0.2) is 24.4 Å². The van der Waals surface area contributed by atoms with E-state index in [0.717, 1.165) is 22.6 Å². The molecule has 0 atom stereocenters. The molecule has 0 radical (unpaired) electrons. The highest BCUT2D eigenvalue weighted by atomic mass is 32.2.